The molecule has 79 heavy (non-hydrogen) atoms. The fourth-order valence-electron chi connectivity index (χ4n) is 10.2. The number of carbonyl (C=O) groups is 3. The maximum absolute atomic E-state index is 12.9. The summed E-state index contributed by atoms with van der Waals surface area (Å²) in [6, 6.07) is 0. The van der Waals surface area contributed by atoms with Crippen LogP contribution in [0.25, 0.3) is 0 Å². The number of rotatable bonds is 64. The molecule has 0 aliphatic rings. The normalized spacial score (nSPS) is 12.4. The second kappa shape index (κ2) is 67.6. The highest BCUT2D eigenvalue weighted by molar-refractivity contribution is 5.71. The van der Waals surface area contributed by atoms with Crippen molar-refractivity contribution in [3.8, 4) is 0 Å². The molecule has 0 saturated carbocycles. The number of esters is 3. The zero-order valence-electron chi connectivity index (χ0n) is 52.9. The first kappa shape index (κ1) is 76.1. The van der Waals surface area contributed by atoms with Crippen molar-refractivity contribution < 1.29 is 28.6 Å². The van der Waals surface area contributed by atoms with E-state index >= 15 is 0 Å². The lowest BCUT2D eigenvalue weighted by Gasteiger charge is -2.18. The Morgan fingerprint density at radius 1 is 0.253 bits per heavy atom. The summed E-state index contributed by atoms with van der Waals surface area (Å²) in [5, 5.41) is 0. The van der Waals surface area contributed by atoms with Crippen LogP contribution in [-0.4, -0.2) is 37.2 Å². The highest BCUT2D eigenvalue weighted by Crippen LogP contribution is 2.18. The molecular weight excluding hydrogens is 973 g/mol. The monoisotopic (exact) mass is 1110 g/mol. The summed E-state index contributed by atoms with van der Waals surface area (Å²) in [6.45, 7) is 6.63. The quantitative estimate of drug-likeness (QED) is 0.0261. The van der Waals surface area contributed by atoms with Crippen molar-refractivity contribution in [3.63, 3.8) is 0 Å². The van der Waals surface area contributed by atoms with Gasteiger partial charge in [0.15, 0.2) is 6.10 Å². The van der Waals surface area contributed by atoms with Gasteiger partial charge >= 0.3 is 17.9 Å². The van der Waals surface area contributed by atoms with E-state index in [4.69, 9.17) is 14.2 Å². The SMILES string of the molecule is CCCC/C=C\C/C=C\CCCCCCCC(=O)OCC(COC(=O)CCCCCCCCCCCCCC/C=C\C/C=C\C/C=C\CCCCCCC)OC(=O)CCCCCCCCCCCCCCCCCCCCCC. The molecule has 0 aromatic carbocycles. The van der Waals surface area contributed by atoms with Crippen molar-refractivity contribution in [3.05, 3.63) is 60.8 Å². The van der Waals surface area contributed by atoms with Crippen molar-refractivity contribution in [1.29, 1.82) is 0 Å². The van der Waals surface area contributed by atoms with Gasteiger partial charge in [0, 0.05) is 19.3 Å². The Labute approximate surface area is 491 Å². The van der Waals surface area contributed by atoms with Crippen molar-refractivity contribution in [2.24, 2.45) is 0 Å². The first-order chi connectivity index (χ1) is 39.0. The molecule has 0 N–H and O–H groups in total. The molecule has 0 rings (SSSR count). The van der Waals surface area contributed by atoms with Crippen LogP contribution in [0, 0.1) is 0 Å². The van der Waals surface area contributed by atoms with E-state index in [0.717, 1.165) is 89.9 Å². The minimum Gasteiger partial charge on any atom is -0.462 e. The second-order valence-corrected chi connectivity index (χ2v) is 23.4. The van der Waals surface area contributed by atoms with Gasteiger partial charge in [-0.25, -0.2) is 0 Å². The van der Waals surface area contributed by atoms with Gasteiger partial charge in [-0.1, -0.05) is 326 Å². The Hall–Kier alpha value is -2.89. The predicted molar refractivity (Wildman–Crippen MR) is 344 cm³/mol. The van der Waals surface area contributed by atoms with E-state index in [0.29, 0.717) is 19.3 Å². The van der Waals surface area contributed by atoms with E-state index < -0.39 is 6.10 Å². The van der Waals surface area contributed by atoms with Crippen molar-refractivity contribution >= 4 is 17.9 Å². The maximum atomic E-state index is 12.9. The highest BCUT2D eigenvalue weighted by atomic mass is 16.6. The number of unbranched alkanes of at least 4 members (excludes halogenated alkanes) is 43. The van der Waals surface area contributed by atoms with E-state index in [1.807, 2.05) is 0 Å². The van der Waals surface area contributed by atoms with Gasteiger partial charge < -0.3 is 14.2 Å². The molecule has 0 amide bonds. The predicted octanol–water partition coefficient (Wildman–Crippen LogP) is 23.9. The van der Waals surface area contributed by atoms with Gasteiger partial charge in [-0.05, 0) is 83.5 Å². The van der Waals surface area contributed by atoms with Crippen molar-refractivity contribution in [2.45, 2.75) is 374 Å². The number of allylic oxidation sites excluding steroid dienone is 10. The van der Waals surface area contributed by atoms with E-state index in [9.17, 15) is 14.4 Å². The van der Waals surface area contributed by atoms with E-state index in [1.54, 1.807) is 0 Å². The lowest BCUT2D eigenvalue weighted by atomic mass is 10.0. The van der Waals surface area contributed by atoms with Gasteiger partial charge in [0.2, 0.25) is 0 Å². The van der Waals surface area contributed by atoms with Gasteiger partial charge in [0.05, 0.1) is 0 Å². The fraction of sp³-hybridized carbons (Fsp3) is 0.822. The van der Waals surface area contributed by atoms with Gasteiger partial charge in [-0.3, -0.25) is 14.4 Å². The smallest absolute Gasteiger partial charge is 0.306 e. The lowest BCUT2D eigenvalue weighted by molar-refractivity contribution is -0.167. The van der Waals surface area contributed by atoms with Crippen LogP contribution < -0.4 is 0 Å². The van der Waals surface area contributed by atoms with E-state index in [2.05, 4.69) is 81.5 Å². The Bertz CT molecular complexity index is 1410. The number of hydrogen-bond donors (Lipinski definition) is 0. The summed E-state index contributed by atoms with van der Waals surface area (Å²) in [5.74, 6) is -0.869. The average Bonchev–Trinajstić information content (AvgIpc) is 3.45. The molecule has 0 heterocycles. The molecule has 0 bridgehead atoms. The average molecular weight is 1110 g/mol. The molecule has 6 nitrogen and oxygen atoms in total. The van der Waals surface area contributed by atoms with Gasteiger partial charge in [0.25, 0.3) is 0 Å². The largest absolute Gasteiger partial charge is 0.462 e. The molecule has 6 heteroatoms. The molecule has 460 valence electrons. The first-order valence-corrected chi connectivity index (χ1v) is 34.8. The fourth-order valence-corrected chi connectivity index (χ4v) is 10.2. The molecule has 0 aliphatic carbocycles. The Morgan fingerprint density at radius 2 is 0.468 bits per heavy atom. The van der Waals surface area contributed by atoms with Crippen LogP contribution in [0.5, 0.6) is 0 Å². The molecule has 0 radical (unpaired) electrons. The maximum Gasteiger partial charge on any atom is 0.306 e. The van der Waals surface area contributed by atoms with Crippen molar-refractivity contribution in [1.82, 2.24) is 0 Å². The third-order valence-corrected chi connectivity index (χ3v) is 15.5. The Morgan fingerprint density at radius 3 is 0.747 bits per heavy atom. The number of hydrogen-bond acceptors (Lipinski definition) is 6. The first-order valence-electron chi connectivity index (χ1n) is 34.8. The van der Waals surface area contributed by atoms with E-state index in [1.165, 1.54) is 238 Å². The van der Waals surface area contributed by atoms with Gasteiger partial charge in [-0.2, -0.15) is 0 Å². The molecular formula is C73H132O6. The van der Waals surface area contributed by atoms with Gasteiger partial charge in [-0.15, -0.1) is 0 Å². The highest BCUT2D eigenvalue weighted by Gasteiger charge is 2.19. The molecule has 0 aromatic heterocycles. The van der Waals surface area contributed by atoms with Crippen LogP contribution in [0.2, 0.25) is 0 Å². The third-order valence-electron chi connectivity index (χ3n) is 15.5. The zero-order valence-corrected chi connectivity index (χ0v) is 52.9. The Balaban J connectivity index is 4.27. The van der Waals surface area contributed by atoms with Crippen LogP contribution >= 0.6 is 0 Å². The summed E-state index contributed by atoms with van der Waals surface area (Å²) in [5.41, 5.74) is 0. The van der Waals surface area contributed by atoms with Crippen molar-refractivity contribution in [2.75, 3.05) is 13.2 Å². The van der Waals surface area contributed by atoms with Crippen LogP contribution in [0.1, 0.15) is 367 Å². The molecule has 0 fully saturated rings. The number of ether oxygens (including phenoxy) is 3. The standard InChI is InChI=1S/C73H132O6/c1-4-7-10-13-16-19-22-25-28-30-32-34-35-36-37-38-39-40-42-43-45-48-51-54-57-60-63-66-72(75)78-69-70(68-77-71(74)65-62-59-56-53-50-47-27-24-21-18-15-12-9-6-3)79-73(76)67-64-61-58-55-52-49-46-44-41-33-31-29-26-23-20-17-14-11-8-5-2/h15,18,22,24-25,27,30,32,35-36,70H,4-14,16-17,19-21,23,26,28-29,31,33-34,37-69H2,1-3H3/b18-15-,25-22-,27-24-,32-30-,36-35-. The molecule has 1 atom stereocenters. The summed E-state index contributed by atoms with van der Waals surface area (Å²) in [6.07, 6.45) is 86.7. The Kier molecular flexibility index (Phi) is 65.1. The summed E-state index contributed by atoms with van der Waals surface area (Å²) in [4.78, 5) is 38.4. The van der Waals surface area contributed by atoms with Crippen LogP contribution in [0.15, 0.2) is 60.8 Å². The second-order valence-electron chi connectivity index (χ2n) is 23.4. The summed E-state index contributed by atoms with van der Waals surface area (Å²) < 4.78 is 17.0. The molecule has 1 unspecified atom stereocenters. The zero-order chi connectivity index (χ0) is 57.1. The topological polar surface area (TPSA) is 78.9 Å². The minimum absolute atomic E-state index is 0.0760. The number of carbonyl (C=O) groups excluding carboxylic acids is 3. The van der Waals surface area contributed by atoms with Gasteiger partial charge in [0.1, 0.15) is 13.2 Å². The van der Waals surface area contributed by atoms with E-state index in [-0.39, 0.29) is 31.1 Å². The molecule has 0 saturated heterocycles. The molecule has 0 spiro atoms. The molecule has 0 aliphatic heterocycles. The minimum atomic E-state index is -0.780. The molecule has 0 aromatic rings. The third kappa shape index (κ3) is 65.8. The summed E-state index contributed by atoms with van der Waals surface area (Å²) >= 11 is 0. The van der Waals surface area contributed by atoms with Crippen LogP contribution in [0.4, 0.5) is 0 Å². The lowest BCUT2D eigenvalue weighted by Crippen LogP contribution is -2.30. The van der Waals surface area contributed by atoms with Crippen LogP contribution in [0.3, 0.4) is 0 Å². The van der Waals surface area contributed by atoms with Crippen LogP contribution in [-0.2, 0) is 28.6 Å². The summed E-state index contributed by atoms with van der Waals surface area (Å²) in [7, 11) is 0.